The molecule has 0 radical (unpaired) electrons. The molecular formula is C19H22N2O3. The minimum Gasteiger partial charge on any atom is -0.508 e. The Kier molecular flexibility index (Phi) is 6.77. The summed E-state index contributed by atoms with van der Waals surface area (Å²) in [5, 5.41) is 20.2. The molecule has 0 saturated carbocycles. The molecule has 1 atom stereocenters. The highest BCUT2D eigenvalue weighted by Crippen LogP contribution is 2.24. The first kappa shape index (κ1) is 19.0. The van der Waals surface area contributed by atoms with Crippen LogP contribution in [-0.2, 0) is 0 Å². The molecule has 5 nitrogen and oxygen atoms in total. The lowest BCUT2D eigenvalue weighted by Crippen LogP contribution is -2.18. The molecule has 0 aliphatic heterocycles. The number of aromatic hydroxyl groups is 1. The average molecular weight is 326 g/mol. The number of aliphatic hydroxyl groups excluding tert-OH is 1. The first-order valence-corrected chi connectivity index (χ1v) is 7.26. The van der Waals surface area contributed by atoms with Gasteiger partial charge in [-0.2, -0.15) is 0 Å². The Morgan fingerprint density at radius 2 is 1.79 bits per heavy atom. The minimum absolute atomic E-state index is 0.00917. The van der Waals surface area contributed by atoms with Crippen molar-refractivity contribution in [2.75, 3.05) is 0 Å². The van der Waals surface area contributed by atoms with Crippen molar-refractivity contribution in [2.45, 2.75) is 13.0 Å². The molecular weight excluding hydrogens is 304 g/mol. The second-order valence-corrected chi connectivity index (χ2v) is 5.17. The first-order chi connectivity index (χ1) is 11.3. The molecule has 1 amide bonds. The van der Waals surface area contributed by atoms with Crippen molar-refractivity contribution < 1.29 is 15.0 Å². The average Bonchev–Trinajstić information content (AvgIpc) is 2.51. The number of amides is 1. The van der Waals surface area contributed by atoms with Crippen LogP contribution in [0.1, 0.15) is 17.3 Å². The number of hydrogen-bond donors (Lipinski definition) is 4. The highest BCUT2D eigenvalue weighted by molar-refractivity contribution is 6.00. The van der Waals surface area contributed by atoms with Crippen LogP contribution >= 0.6 is 0 Å². The number of fused-ring (bicyclic) bond motifs is 1. The van der Waals surface area contributed by atoms with Crippen LogP contribution in [0.5, 0.6) is 5.75 Å². The van der Waals surface area contributed by atoms with E-state index in [0.717, 1.165) is 10.8 Å². The fourth-order valence-corrected chi connectivity index (χ4v) is 2.06. The summed E-state index contributed by atoms with van der Waals surface area (Å²) in [5.74, 6) is -0.681. The predicted molar refractivity (Wildman–Crippen MR) is 97.8 cm³/mol. The summed E-state index contributed by atoms with van der Waals surface area (Å²) in [6.07, 6.45) is 3.22. The first-order valence-electron chi connectivity index (χ1n) is 7.26. The number of benzene rings is 2. The van der Waals surface area contributed by atoms with Crippen LogP contribution in [0.25, 0.3) is 10.8 Å². The normalized spacial score (nSPS) is 12.0. The number of allylic oxidation sites excluding steroid dienone is 2. The zero-order valence-corrected chi connectivity index (χ0v) is 13.6. The van der Waals surface area contributed by atoms with Gasteiger partial charge in [0.2, 0.25) is 0 Å². The van der Waals surface area contributed by atoms with E-state index >= 15 is 0 Å². The van der Waals surface area contributed by atoms with Gasteiger partial charge in [-0.1, -0.05) is 49.6 Å². The molecule has 0 aliphatic carbocycles. The lowest BCUT2D eigenvalue weighted by atomic mass is 10.1. The molecule has 24 heavy (non-hydrogen) atoms. The van der Waals surface area contributed by atoms with Crippen molar-refractivity contribution in [3.8, 4) is 5.75 Å². The van der Waals surface area contributed by atoms with E-state index in [1.165, 1.54) is 6.07 Å². The number of primary amides is 1. The molecule has 0 spiro atoms. The molecule has 2 rings (SSSR count). The van der Waals surface area contributed by atoms with Crippen molar-refractivity contribution in [3.05, 3.63) is 78.6 Å². The lowest BCUT2D eigenvalue weighted by molar-refractivity contribution is 0.0998. The van der Waals surface area contributed by atoms with Gasteiger partial charge in [-0.25, -0.2) is 0 Å². The zero-order chi connectivity index (χ0) is 18.3. The second kappa shape index (κ2) is 8.55. The summed E-state index contributed by atoms with van der Waals surface area (Å²) >= 11 is 0. The van der Waals surface area contributed by atoms with Crippen LogP contribution in [-0.4, -0.2) is 22.2 Å². The summed E-state index contributed by atoms with van der Waals surface area (Å²) < 4.78 is 0. The van der Waals surface area contributed by atoms with Crippen LogP contribution in [0.2, 0.25) is 0 Å². The number of carbonyl (C=O) groups is 1. The van der Waals surface area contributed by atoms with Crippen LogP contribution < -0.4 is 11.5 Å². The number of aliphatic hydroxyl groups is 1. The molecule has 2 aromatic carbocycles. The van der Waals surface area contributed by atoms with Gasteiger partial charge in [-0.05, 0) is 29.8 Å². The standard InChI is InChI=1S/C11H9NO2.C8H13NO/c12-11(14)9-5-7-3-1-2-4-8(7)6-10(9)13;1-4-5-8(6(2)9)7(3)10/h1-6,13H,(H2,12,14);4-6,10H,1,3,9H2,2H3/b;8-5-/t;6-/m.0/s1. The largest absolute Gasteiger partial charge is 0.508 e. The van der Waals surface area contributed by atoms with E-state index in [1.807, 2.05) is 24.3 Å². The lowest BCUT2D eigenvalue weighted by Gasteiger charge is -2.07. The number of nitrogens with two attached hydrogens (primary N) is 2. The van der Waals surface area contributed by atoms with E-state index < -0.39 is 5.91 Å². The third-order valence-corrected chi connectivity index (χ3v) is 3.25. The van der Waals surface area contributed by atoms with E-state index in [2.05, 4.69) is 13.2 Å². The molecule has 126 valence electrons. The minimum atomic E-state index is -0.617. The number of hydrogen-bond acceptors (Lipinski definition) is 4. The second-order valence-electron chi connectivity index (χ2n) is 5.17. The van der Waals surface area contributed by atoms with Crippen LogP contribution in [0.15, 0.2) is 73.0 Å². The van der Waals surface area contributed by atoms with Gasteiger partial charge in [0.25, 0.3) is 5.91 Å². The molecule has 0 unspecified atom stereocenters. The molecule has 0 saturated heterocycles. The van der Waals surface area contributed by atoms with Gasteiger partial charge in [0, 0.05) is 11.6 Å². The summed E-state index contributed by atoms with van der Waals surface area (Å²) in [6.45, 7) is 8.61. The van der Waals surface area contributed by atoms with Gasteiger partial charge < -0.3 is 21.7 Å². The topological polar surface area (TPSA) is 110 Å². The molecule has 0 heterocycles. The van der Waals surface area contributed by atoms with Gasteiger partial charge in [-0.3, -0.25) is 4.79 Å². The Bertz CT molecular complexity index is 792. The molecule has 2 aromatic rings. The summed E-state index contributed by atoms with van der Waals surface area (Å²) in [6, 6.07) is 10.4. The van der Waals surface area contributed by atoms with E-state index in [4.69, 9.17) is 16.6 Å². The Hall–Kier alpha value is -3.05. The molecule has 6 N–H and O–H groups in total. The van der Waals surface area contributed by atoms with Gasteiger partial charge in [0.05, 0.1) is 5.56 Å². The smallest absolute Gasteiger partial charge is 0.252 e. The third kappa shape index (κ3) is 5.00. The van der Waals surface area contributed by atoms with Crippen LogP contribution in [0.3, 0.4) is 0 Å². The Morgan fingerprint density at radius 1 is 1.25 bits per heavy atom. The van der Waals surface area contributed by atoms with Crippen LogP contribution in [0.4, 0.5) is 0 Å². The fourth-order valence-electron chi connectivity index (χ4n) is 2.06. The van der Waals surface area contributed by atoms with Crippen LogP contribution in [0, 0.1) is 0 Å². The quantitative estimate of drug-likeness (QED) is 0.511. The Morgan fingerprint density at radius 3 is 2.17 bits per heavy atom. The van der Waals surface area contributed by atoms with Crippen molar-refractivity contribution in [1.82, 2.24) is 0 Å². The van der Waals surface area contributed by atoms with Gasteiger partial charge in [0.1, 0.15) is 11.5 Å². The van der Waals surface area contributed by atoms with Crippen molar-refractivity contribution >= 4 is 16.7 Å². The van der Waals surface area contributed by atoms with E-state index in [-0.39, 0.29) is 23.1 Å². The fraction of sp³-hybridized carbons (Fsp3) is 0.105. The summed E-state index contributed by atoms with van der Waals surface area (Å²) in [4.78, 5) is 10.9. The molecule has 0 aromatic heterocycles. The highest BCUT2D eigenvalue weighted by Gasteiger charge is 2.08. The third-order valence-electron chi connectivity index (χ3n) is 3.25. The molecule has 0 aliphatic rings. The van der Waals surface area contributed by atoms with Crippen molar-refractivity contribution in [2.24, 2.45) is 11.5 Å². The van der Waals surface area contributed by atoms with E-state index in [1.54, 1.807) is 25.1 Å². The number of carbonyl (C=O) groups excluding carboxylic acids is 1. The maximum Gasteiger partial charge on any atom is 0.252 e. The molecule has 0 bridgehead atoms. The zero-order valence-electron chi connectivity index (χ0n) is 13.6. The van der Waals surface area contributed by atoms with Gasteiger partial charge >= 0.3 is 0 Å². The predicted octanol–water partition coefficient (Wildman–Crippen LogP) is 3.16. The maximum atomic E-state index is 10.9. The number of phenols is 1. The maximum absolute atomic E-state index is 10.9. The molecule has 5 heteroatoms. The van der Waals surface area contributed by atoms with E-state index in [0.29, 0.717) is 5.57 Å². The summed E-state index contributed by atoms with van der Waals surface area (Å²) in [5.41, 5.74) is 11.4. The monoisotopic (exact) mass is 326 g/mol. The van der Waals surface area contributed by atoms with Gasteiger partial charge in [-0.15, -0.1) is 0 Å². The van der Waals surface area contributed by atoms with Gasteiger partial charge in [0.15, 0.2) is 0 Å². The van der Waals surface area contributed by atoms with Crippen molar-refractivity contribution in [1.29, 1.82) is 0 Å². The Balaban J connectivity index is 0.000000257. The highest BCUT2D eigenvalue weighted by atomic mass is 16.3. The number of rotatable bonds is 4. The summed E-state index contributed by atoms with van der Waals surface area (Å²) in [7, 11) is 0. The van der Waals surface area contributed by atoms with Crippen molar-refractivity contribution in [3.63, 3.8) is 0 Å². The SMILES string of the molecule is C=C/C=C(\C(=C)O)[C@H](C)N.NC(=O)c1cc2ccccc2cc1O. The Labute approximate surface area is 141 Å². The van der Waals surface area contributed by atoms with E-state index in [9.17, 15) is 9.90 Å². The molecule has 0 fully saturated rings.